The number of nitrogens with one attached hydrogen (secondary N) is 1. The van der Waals surface area contributed by atoms with Crippen LogP contribution in [0.2, 0.25) is 5.02 Å². The van der Waals surface area contributed by atoms with E-state index < -0.39 is 0 Å². The first-order valence-electron chi connectivity index (χ1n) is 10.1. The molecule has 3 atom stereocenters. The second-order valence-corrected chi connectivity index (χ2v) is 8.39. The van der Waals surface area contributed by atoms with Crippen molar-refractivity contribution in [2.75, 3.05) is 7.11 Å². The van der Waals surface area contributed by atoms with Gasteiger partial charge in [-0.15, -0.1) is 0 Å². The van der Waals surface area contributed by atoms with Gasteiger partial charge in [0.25, 0.3) is 5.91 Å². The first-order valence-corrected chi connectivity index (χ1v) is 10.5. The van der Waals surface area contributed by atoms with Gasteiger partial charge in [0.05, 0.1) is 18.6 Å². The maximum Gasteiger partial charge on any atom is 0.251 e. The van der Waals surface area contributed by atoms with Crippen molar-refractivity contribution < 1.29 is 18.7 Å². The average molecular weight is 431 g/mol. The van der Waals surface area contributed by atoms with E-state index >= 15 is 0 Å². The molecule has 1 N–H and O–H groups in total. The van der Waals surface area contributed by atoms with Gasteiger partial charge in [0.1, 0.15) is 11.6 Å². The van der Waals surface area contributed by atoms with Gasteiger partial charge in [-0.3, -0.25) is 9.59 Å². The van der Waals surface area contributed by atoms with Gasteiger partial charge in [-0.1, -0.05) is 17.7 Å². The molecule has 0 saturated carbocycles. The van der Waals surface area contributed by atoms with Crippen LogP contribution in [0, 0.1) is 5.82 Å². The summed E-state index contributed by atoms with van der Waals surface area (Å²) in [6, 6.07) is 11.2. The molecule has 2 fully saturated rings. The van der Waals surface area contributed by atoms with Crippen molar-refractivity contribution >= 4 is 23.4 Å². The van der Waals surface area contributed by atoms with Gasteiger partial charge in [-0.2, -0.15) is 0 Å². The lowest BCUT2D eigenvalue weighted by Gasteiger charge is -2.39. The van der Waals surface area contributed by atoms with Crippen molar-refractivity contribution in [1.29, 1.82) is 0 Å². The van der Waals surface area contributed by atoms with Gasteiger partial charge in [-0.25, -0.2) is 4.39 Å². The number of rotatable bonds is 5. The van der Waals surface area contributed by atoms with E-state index in [2.05, 4.69) is 5.32 Å². The van der Waals surface area contributed by atoms with E-state index in [1.807, 2.05) is 11.0 Å². The molecule has 7 heteroatoms. The van der Waals surface area contributed by atoms with Crippen molar-refractivity contribution in [3.05, 3.63) is 64.4 Å². The van der Waals surface area contributed by atoms with Crippen molar-refractivity contribution in [1.82, 2.24) is 10.2 Å². The minimum absolute atomic E-state index is 0.0135. The number of ether oxygens (including phenoxy) is 1. The largest absolute Gasteiger partial charge is 0.495 e. The summed E-state index contributed by atoms with van der Waals surface area (Å²) in [7, 11) is 1.56. The fourth-order valence-corrected chi connectivity index (χ4v) is 4.94. The highest BCUT2D eigenvalue weighted by molar-refractivity contribution is 6.32. The fourth-order valence-electron chi connectivity index (χ4n) is 4.66. The SMILES string of the molecule is COc1ccc(CC(=O)N2[C@@H]3CC[C@H]2CC(NC(=O)c2ccc(F)cc2)C3)cc1Cl. The molecule has 0 aliphatic carbocycles. The molecule has 2 heterocycles. The predicted molar refractivity (Wildman–Crippen MR) is 112 cm³/mol. The third kappa shape index (κ3) is 4.29. The third-order valence-electron chi connectivity index (χ3n) is 6.03. The lowest BCUT2D eigenvalue weighted by Crippen LogP contribution is -2.52. The average Bonchev–Trinajstić information content (AvgIpc) is 2.99. The number of fused-ring (bicyclic) bond motifs is 2. The number of methoxy groups -OCH3 is 1. The predicted octanol–water partition coefficient (Wildman–Crippen LogP) is 3.98. The van der Waals surface area contributed by atoms with Crippen LogP contribution in [0.15, 0.2) is 42.5 Å². The number of halogens is 2. The molecule has 2 aliphatic heterocycles. The zero-order valence-corrected chi connectivity index (χ0v) is 17.5. The maximum atomic E-state index is 13.1. The topological polar surface area (TPSA) is 58.6 Å². The van der Waals surface area contributed by atoms with Crippen molar-refractivity contribution in [3.63, 3.8) is 0 Å². The van der Waals surface area contributed by atoms with E-state index in [9.17, 15) is 14.0 Å². The summed E-state index contributed by atoms with van der Waals surface area (Å²) in [4.78, 5) is 27.5. The van der Waals surface area contributed by atoms with Gasteiger partial charge in [-0.05, 0) is 67.6 Å². The molecule has 2 aromatic rings. The van der Waals surface area contributed by atoms with Gasteiger partial charge in [0, 0.05) is 23.7 Å². The first kappa shape index (κ1) is 20.7. The molecule has 2 aromatic carbocycles. The number of carbonyl (C=O) groups excluding carboxylic acids is 2. The molecule has 0 aromatic heterocycles. The van der Waals surface area contributed by atoms with Crippen molar-refractivity contribution in [2.24, 2.45) is 0 Å². The van der Waals surface area contributed by atoms with Crippen LogP contribution in [0.4, 0.5) is 4.39 Å². The summed E-state index contributed by atoms with van der Waals surface area (Å²) in [5, 5.41) is 3.55. The van der Waals surface area contributed by atoms with Crippen LogP contribution in [-0.2, 0) is 11.2 Å². The minimum Gasteiger partial charge on any atom is -0.495 e. The van der Waals surface area contributed by atoms with Crippen LogP contribution in [0.1, 0.15) is 41.6 Å². The zero-order valence-electron chi connectivity index (χ0n) is 16.7. The second-order valence-electron chi connectivity index (χ2n) is 7.98. The molecule has 0 spiro atoms. The number of amides is 2. The highest BCUT2D eigenvalue weighted by Gasteiger charge is 2.43. The van der Waals surface area contributed by atoms with Crippen LogP contribution in [0.25, 0.3) is 0 Å². The molecule has 2 bridgehead atoms. The van der Waals surface area contributed by atoms with Crippen LogP contribution < -0.4 is 10.1 Å². The molecule has 2 amide bonds. The van der Waals surface area contributed by atoms with Crippen LogP contribution in [0.3, 0.4) is 0 Å². The number of carbonyl (C=O) groups is 2. The van der Waals surface area contributed by atoms with Crippen LogP contribution >= 0.6 is 11.6 Å². The number of piperidine rings is 1. The number of hydrogen-bond donors (Lipinski definition) is 1. The fraction of sp³-hybridized carbons (Fsp3) is 0.391. The van der Waals surface area contributed by atoms with E-state index in [4.69, 9.17) is 16.3 Å². The highest BCUT2D eigenvalue weighted by Crippen LogP contribution is 2.36. The molecular formula is C23H24ClFN2O3. The molecule has 2 saturated heterocycles. The van der Waals surface area contributed by atoms with Gasteiger partial charge in [0.15, 0.2) is 0 Å². The van der Waals surface area contributed by atoms with Crippen molar-refractivity contribution in [2.45, 2.75) is 50.2 Å². The summed E-state index contributed by atoms with van der Waals surface area (Å²) in [6.45, 7) is 0. The highest BCUT2D eigenvalue weighted by atomic mass is 35.5. The Kier molecular flexibility index (Phi) is 5.95. The lowest BCUT2D eigenvalue weighted by molar-refractivity contribution is -0.135. The number of hydrogen-bond acceptors (Lipinski definition) is 3. The minimum atomic E-state index is -0.366. The number of benzene rings is 2. The van der Waals surface area contributed by atoms with E-state index in [1.165, 1.54) is 24.3 Å². The Morgan fingerprint density at radius 1 is 1.13 bits per heavy atom. The Morgan fingerprint density at radius 2 is 1.80 bits per heavy atom. The standard InChI is InChI=1S/C23H24ClFN2O3/c1-30-21-9-2-14(10-20(21)24)11-22(28)27-18-7-8-19(27)13-17(12-18)26-23(29)15-3-5-16(25)6-4-15/h2-6,9-10,17-19H,7-8,11-13H2,1H3,(H,26,29)/t17?,18-,19+. The Labute approximate surface area is 180 Å². The molecule has 30 heavy (non-hydrogen) atoms. The second kappa shape index (κ2) is 8.64. The lowest BCUT2D eigenvalue weighted by atomic mass is 9.96. The van der Waals surface area contributed by atoms with E-state index in [0.717, 1.165) is 31.2 Å². The molecule has 0 radical (unpaired) electrons. The van der Waals surface area contributed by atoms with Crippen LogP contribution in [0.5, 0.6) is 5.75 Å². The normalized spacial score (nSPS) is 22.6. The smallest absolute Gasteiger partial charge is 0.251 e. The third-order valence-corrected chi connectivity index (χ3v) is 6.33. The maximum absolute atomic E-state index is 13.1. The molecule has 5 nitrogen and oxygen atoms in total. The van der Waals surface area contributed by atoms with Gasteiger partial charge < -0.3 is 15.0 Å². The summed E-state index contributed by atoms with van der Waals surface area (Å²) in [5.74, 6) is 0.110. The summed E-state index contributed by atoms with van der Waals surface area (Å²) >= 11 is 6.18. The van der Waals surface area contributed by atoms with E-state index in [0.29, 0.717) is 22.8 Å². The summed E-state index contributed by atoms with van der Waals surface area (Å²) in [6.07, 6.45) is 3.66. The Bertz CT molecular complexity index is 936. The number of nitrogens with zero attached hydrogens (tertiary/aromatic N) is 1. The molecule has 4 rings (SSSR count). The van der Waals surface area contributed by atoms with E-state index in [1.54, 1.807) is 19.2 Å². The zero-order chi connectivity index (χ0) is 21.3. The molecule has 158 valence electrons. The molecule has 1 unspecified atom stereocenters. The quantitative estimate of drug-likeness (QED) is 0.780. The Morgan fingerprint density at radius 3 is 2.40 bits per heavy atom. The monoisotopic (exact) mass is 430 g/mol. The van der Waals surface area contributed by atoms with E-state index in [-0.39, 0.29) is 35.8 Å². The Hall–Kier alpha value is -2.60. The summed E-state index contributed by atoms with van der Waals surface area (Å²) < 4.78 is 18.2. The Balaban J connectivity index is 1.37. The van der Waals surface area contributed by atoms with Crippen LogP contribution in [-0.4, -0.2) is 41.9 Å². The van der Waals surface area contributed by atoms with Gasteiger partial charge >= 0.3 is 0 Å². The summed E-state index contributed by atoms with van der Waals surface area (Å²) in [5.41, 5.74) is 1.30. The van der Waals surface area contributed by atoms with Gasteiger partial charge in [0.2, 0.25) is 5.91 Å². The first-order chi connectivity index (χ1) is 14.4. The molecule has 2 aliphatic rings. The molecular weight excluding hydrogens is 407 g/mol. The van der Waals surface area contributed by atoms with Crippen molar-refractivity contribution in [3.8, 4) is 5.75 Å².